The number of hydrogen-bond donors (Lipinski definition) is 0. The fourth-order valence-electron chi connectivity index (χ4n) is 3.07. The molecule has 0 atom stereocenters. The van der Waals surface area contributed by atoms with Gasteiger partial charge >= 0.3 is 0 Å². The maximum Gasteiger partial charge on any atom is 0.194 e. The van der Waals surface area contributed by atoms with Gasteiger partial charge in [-0.2, -0.15) is 0 Å². The Morgan fingerprint density at radius 2 is 1.60 bits per heavy atom. The molecular formula is C23H21F5O2. The molecule has 30 heavy (non-hydrogen) atoms. The highest BCUT2D eigenvalue weighted by molar-refractivity contribution is 5.61. The van der Waals surface area contributed by atoms with Gasteiger partial charge in [-0.15, -0.1) is 0 Å². The minimum absolute atomic E-state index is 0.0595. The third-order valence-corrected chi connectivity index (χ3v) is 4.72. The molecule has 3 rings (SSSR count). The van der Waals surface area contributed by atoms with Gasteiger partial charge in [-0.3, -0.25) is 0 Å². The highest BCUT2D eigenvalue weighted by Crippen LogP contribution is 2.28. The van der Waals surface area contributed by atoms with Gasteiger partial charge in [0.25, 0.3) is 0 Å². The summed E-state index contributed by atoms with van der Waals surface area (Å²) < 4.78 is 78.3. The maximum absolute atomic E-state index is 14.0. The standard InChI is InChI=1S/C23H21F5O2/c1-2-3-18(24)22(27)16-7-5-15(6-8-16)17-12-29-21(30-13-17)9-4-14-10-19(25)23(28)20(26)11-14/h4-11,17,21H,2-3,12-13H2,1H3/b9-4+,22-18+. The van der Waals surface area contributed by atoms with Crippen LogP contribution in [0.3, 0.4) is 0 Å². The van der Waals surface area contributed by atoms with Crippen molar-refractivity contribution in [3.05, 3.63) is 82.4 Å². The molecule has 1 saturated heterocycles. The van der Waals surface area contributed by atoms with Gasteiger partial charge in [0.1, 0.15) is 5.83 Å². The normalized spacial score (nSPS) is 20.5. The van der Waals surface area contributed by atoms with E-state index in [1.54, 1.807) is 19.1 Å². The first-order valence-electron chi connectivity index (χ1n) is 9.59. The van der Waals surface area contributed by atoms with Gasteiger partial charge in [-0.1, -0.05) is 37.3 Å². The second kappa shape index (κ2) is 10.00. The van der Waals surface area contributed by atoms with Crippen molar-refractivity contribution in [3.63, 3.8) is 0 Å². The maximum atomic E-state index is 14.0. The zero-order chi connectivity index (χ0) is 21.7. The zero-order valence-corrected chi connectivity index (χ0v) is 16.3. The van der Waals surface area contributed by atoms with E-state index in [2.05, 4.69) is 0 Å². The lowest BCUT2D eigenvalue weighted by Crippen LogP contribution is -2.29. The van der Waals surface area contributed by atoms with Crippen LogP contribution in [0.15, 0.2) is 48.3 Å². The van der Waals surface area contributed by atoms with Crippen molar-refractivity contribution in [1.82, 2.24) is 0 Å². The Morgan fingerprint density at radius 1 is 1.00 bits per heavy atom. The van der Waals surface area contributed by atoms with Gasteiger partial charge in [0, 0.05) is 17.9 Å². The molecule has 0 aromatic heterocycles. The minimum Gasteiger partial charge on any atom is -0.348 e. The molecular weight excluding hydrogens is 403 g/mol. The summed E-state index contributed by atoms with van der Waals surface area (Å²) in [4.78, 5) is 0. The van der Waals surface area contributed by atoms with Crippen molar-refractivity contribution in [2.24, 2.45) is 0 Å². The molecule has 2 nitrogen and oxygen atoms in total. The molecule has 0 amide bonds. The first-order chi connectivity index (χ1) is 14.4. The molecule has 160 valence electrons. The molecule has 1 aliphatic heterocycles. The molecule has 0 spiro atoms. The Labute approximate surface area is 171 Å². The number of hydrogen-bond acceptors (Lipinski definition) is 2. The third-order valence-electron chi connectivity index (χ3n) is 4.72. The lowest BCUT2D eigenvalue weighted by molar-refractivity contribution is -0.159. The SMILES string of the molecule is CCC/C(F)=C(\F)c1ccc(C2COC(/C=C/c3cc(F)c(F)c(F)c3)OC2)cc1. The molecule has 1 fully saturated rings. The fourth-order valence-corrected chi connectivity index (χ4v) is 3.07. The predicted molar refractivity (Wildman–Crippen MR) is 104 cm³/mol. The summed E-state index contributed by atoms with van der Waals surface area (Å²) in [5.41, 5.74) is 1.18. The lowest BCUT2D eigenvalue weighted by atomic mass is 9.98. The van der Waals surface area contributed by atoms with Crippen molar-refractivity contribution in [2.45, 2.75) is 32.0 Å². The molecule has 0 radical (unpaired) electrons. The summed E-state index contributed by atoms with van der Waals surface area (Å²) in [6.07, 6.45) is 2.71. The van der Waals surface area contributed by atoms with Crippen LogP contribution in [0.1, 0.15) is 42.4 Å². The summed E-state index contributed by atoms with van der Waals surface area (Å²) in [6.45, 7) is 2.39. The van der Waals surface area contributed by atoms with Crippen LogP contribution in [-0.4, -0.2) is 19.5 Å². The van der Waals surface area contributed by atoms with Gasteiger partial charge in [0.15, 0.2) is 29.6 Å². The second-order valence-corrected chi connectivity index (χ2v) is 6.98. The zero-order valence-electron chi connectivity index (χ0n) is 16.3. The van der Waals surface area contributed by atoms with Crippen molar-refractivity contribution in [3.8, 4) is 0 Å². The third kappa shape index (κ3) is 5.34. The van der Waals surface area contributed by atoms with E-state index in [4.69, 9.17) is 9.47 Å². The summed E-state index contributed by atoms with van der Waals surface area (Å²) in [6, 6.07) is 8.18. The smallest absolute Gasteiger partial charge is 0.194 e. The molecule has 0 bridgehead atoms. The monoisotopic (exact) mass is 424 g/mol. The second-order valence-electron chi connectivity index (χ2n) is 6.98. The van der Waals surface area contributed by atoms with Crippen molar-refractivity contribution in [1.29, 1.82) is 0 Å². The average Bonchev–Trinajstić information content (AvgIpc) is 2.76. The Hall–Kier alpha value is -2.51. The van der Waals surface area contributed by atoms with E-state index in [9.17, 15) is 22.0 Å². The quantitative estimate of drug-likeness (QED) is 0.380. The summed E-state index contributed by atoms with van der Waals surface area (Å²) in [7, 11) is 0. The molecule has 1 heterocycles. The van der Waals surface area contributed by atoms with E-state index >= 15 is 0 Å². The van der Waals surface area contributed by atoms with Crippen LogP contribution in [0.5, 0.6) is 0 Å². The molecule has 2 aromatic rings. The van der Waals surface area contributed by atoms with Crippen LogP contribution in [-0.2, 0) is 9.47 Å². The number of allylic oxidation sites excluding steroid dienone is 1. The van der Waals surface area contributed by atoms with Crippen LogP contribution in [0.2, 0.25) is 0 Å². The van der Waals surface area contributed by atoms with E-state index < -0.39 is 35.4 Å². The number of rotatable bonds is 6. The van der Waals surface area contributed by atoms with Crippen LogP contribution in [0.25, 0.3) is 11.9 Å². The molecule has 0 N–H and O–H groups in total. The highest BCUT2D eigenvalue weighted by atomic mass is 19.2. The van der Waals surface area contributed by atoms with Gasteiger partial charge in [-0.05, 0) is 35.8 Å². The summed E-state index contributed by atoms with van der Waals surface area (Å²) in [5.74, 6) is -5.77. The molecule has 2 aromatic carbocycles. The van der Waals surface area contributed by atoms with Gasteiger partial charge in [0.05, 0.1) is 13.2 Å². The minimum atomic E-state index is -1.52. The molecule has 0 aliphatic carbocycles. The Morgan fingerprint density at radius 3 is 2.17 bits per heavy atom. The van der Waals surface area contributed by atoms with E-state index in [1.165, 1.54) is 24.3 Å². The highest BCUT2D eigenvalue weighted by Gasteiger charge is 2.22. The van der Waals surface area contributed by atoms with E-state index in [-0.39, 0.29) is 23.5 Å². The van der Waals surface area contributed by atoms with E-state index in [0.29, 0.717) is 19.6 Å². The molecule has 7 heteroatoms. The van der Waals surface area contributed by atoms with E-state index in [1.807, 2.05) is 0 Å². The average molecular weight is 424 g/mol. The van der Waals surface area contributed by atoms with Gasteiger partial charge in [-0.25, -0.2) is 22.0 Å². The largest absolute Gasteiger partial charge is 0.348 e. The lowest BCUT2D eigenvalue weighted by Gasteiger charge is -2.28. The number of ether oxygens (including phenoxy) is 2. The molecule has 1 aliphatic rings. The van der Waals surface area contributed by atoms with Crippen LogP contribution >= 0.6 is 0 Å². The number of benzene rings is 2. The fraction of sp³-hybridized carbons (Fsp3) is 0.304. The van der Waals surface area contributed by atoms with Crippen molar-refractivity contribution in [2.75, 3.05) is 13.2 Å². The first-order valence-corrected chi connectivity index (χ1v) is 9.59. The topological polar surface area (TPSA) is 18.5 Å². The van der Waals surface area contributed by atoms with Crippen molar-refractivity contribution < 1.29 is 31.4 Å². The van der Waals surface area contributed by atoms with E-state index in [0.717, 1.165) is 17.7 Å². The van der Waals surface area contributed by atoms with Crippen molar-refractivity contribution >= 4 is 11.9 Å². The van der Waals surface area contributed by atoms with Gasteiger partial charge in [0.2, 0.25) is 0 Å². The number of halogens is 5. The Bertz CT molecular complexity index is 906. The molecule has 0 unspecified atom stereocenters. The Kier molecular flexibility index (Phi) is 7.39. The van der Waals surface area contributed by atoms with Gasteiger partial charge < -0.3 is 9.47 Å². The summed E-state index contributed by atoms with van der Waals surface area (Å²) >= 11 is 0. The van der Waals surface area contributed by atoms with Crippen LogP contribution < -0.4 is 0 Å². The first kappa shape index (κ1) is 22.2. The van der Waals surface area contributed by atoms with Crippen LogP contribution in [0.4, 0.5) is 22.0 Å². The Balaban J connectivity index is 1.58. The summed E-state index contributed by atoms with van der Waals surface area (Å²) in [5, 5.41) is 0. The molecule has 0 saturated carbocycles. The van der Waals surface area contributed by atoms with Crippen LogP contribution in [0, 0.1) is 17.5 Å². The predicted octanol–water partition coefficient (Wildman–Crippen LogP) is 6.68.